The third kappa shape index (κ3) is 6.07. The molecule has 0 radical (unpaired) electrons. The van der Waals surface area contributed by atoms with Crippen LogP contribution in [0.25, 0.3) is 50.1 Å². The lowest BCUT2D eigenvalue weighted by Gasteiger charge is -2.35. The number of benzene rings is 7. The molecule has 0 bridgehead atoms. The highest BCUT2D eigenvalue weighted by molar-refractivity contribution is 7.20. The van der Waals surface area contributed by atoms with Gasteiger partial charge in [-0.25, -0.2) is 4.98 Å². The van der Waals surface area contributed by atoms with Gasteiger partial charge in [-0.3, -0.25) is 9.55 Å². The van der Waals surface area contributed by atoms with E-state index >= 15 is 0 Å². The van der Waals surface area contributed by atoms with Crippen LogP contribution < -0.4 is 20.7 Å². The van der Waals surface area contributed by atoms with E-state index in [4.69, 9.17) is 9.97 Å². The SMILES string of the molecule is CC(C)c1cccc(C(C)C)c1-n1c(-c2cccc([Si](c3ccccc3)(c3ccccc3)c3cccc(-c4cc5ccccc5cn4)c3)c2)nc2ccccc21. The van der Waals surface area contributed by atoms with Crippen LogP contribution in [0.2, 0.25) is 0 Å². The van der Waals surface area contributed by atoms with Crippen LogP contribution in [-0.2, 0) is 0 Å². The molecule has 0 saturated heterocycles. The lowest BCUT2D eigenvalue weighted by Crippen LogP contribution is -2.74. The Kier molecular flexibility index (Phi) is 9.28. The van der Waals surface area contributed by atoms with Crippen LogP contribution in [-0.4, -0.2) is 22.6 Å². The number of fused-ring (bicyclic) bond motifs is 2. The summed E-state index contributed by atoms with van der Waals surface area (Å²) in [4.78, 5) is 10.4. The van der Waals surface area contributed by atoms with Gasteiger partial charge < -0.3 is 0 Å². The molecule has 0 unspecified atom stereocenters. The number of hydrogen-bond donors (Lipinski definition) is 0. The van der Waals surface area contributed by atoms with Crippen LogP contribution in [0.4, 0.5) is 0 Å². The molecule has 3 nitrogen and oxygen atoms in total. The summed E-state index contributed by atoms with van der Waals surface area (Å²) in [6.45, 7) is 9.18. The number of para-hydroxylation sites is 3. The van der Waals surface area contributed by atoms with Crippen molar-refractivity contribution >= 4 is 50.6 Å². The Balaban J connectivity index is 1.33. The van der Waals surface area contributed by atoms with Crippen LogP contribution in [0.5, 0.6) is 0 Å². The molecule has 0 aliphatic heterocycles. The minimum absolute atomic E-state index is 0.338. The molecule has 272 valence electrons. The Bertz CT molecular complexity index is 2750. The molecular formula is C52H45N3Si. The van der Waals surface area contributed by atoms with Gasteiger partial charge in [-0.1, -0.05) is 191 Å². The quantitative estimate of drug-likeness (QED) is 0.109. The van der Waals surface area contributed by atoms with Gasteiger partial charge in [-0.15, -0.1) is 0 Å². The third-order valence-electron chi connectivity index (χ3n) is 11.3. The molecule has 4 heteroatoms. The fourth-order valence-corrected chi connectivity index (χ4v) is 13.5. The number of aromatic nitrogens is 3. The molecule has 2 heterocycles. The summed E-state index contributed by atoms with van der Waals surface area (Å²) in [5.74, 6) is 1.63. The Hall–Kier alpha value is -6.36. The fourth-order valence-electron chi connectivity index (χ4n) is 8.64. The Morgan fingerprint density at radius 3 is 1.62 bits per heavy atom. The Labute approximate surface area is 331 Å². The molecule has 0 atom stereocenters. The molecule has 0 aliphatic carbocycles. The molecule has 56 heavy (non-hydrogen) atoms. The van der Waals surface area contributed by atoms with Crippen molar-refractivity contribution < 1.29 is 0 Å². The average molecular weight is 740 g/mol. The first-order valence-electron chi connectivity index (χ1n) is 19.7. The second-order valence-electron chi connectivity index (χ2n) is 15.4. The molecular weight excluding hydrogens is 695 g/mol. The summed E-state index contributed by atoms with van der Waals surface area (Å²) in [5, 5.41) is 7.59. The highest BCUT2D eigenvalue weighted by Gasteiger charge is 2.42. The highest BCUT2D eigenvalue weighted by atomic mass is 28.3. The van der Waals surface area contributed by atoms with Crippen LogP contribution in [0.1, 0.15) is 50.7 Å². The molecule has 0 saturated carbocycles. The van der Waals surface area contributed by atoms with Gasteiger partial charge >= 0.3 is 0 Å². The molecule has 9 aromatic rings. The molecule has 0 fully saturated rings. The molecule has 2 aromatic heterocycles. The summed E-state index contributed by atoms with van der Waals surface area (Å²) < 4.78 is 2.44. The lowest BCUT2D eigenvalue weighted by atomic mass is 9.92. The molecule has 0 spiro atoms. The lowest BCUT2D eigenvalue weighted by molar-refractivity contribution is 0.811. The van der Waals surface area contributed by atoms with E-state index in [9.17, 15) is 0 Å². The minimum Gasteiger partial charge on any atom is -0.292 e. The molecule has 7 aromatic carbocycles. The van der Waals surface area contributed by atoms with Gasteiger partial charge in [0, 0.05) is 22.7 Å². The summed E-state index contributed by atoms with van der Waals surface area (Å²) in [6.07, 6.45) is 1.99. The van der Waals surface area contributed by atoms with Crippen LogP contribution in [0, 0.1) is 0 Å². The molecule has 0 aliphatic rings. The zero-order chi connectivity index (χ0) is 38.2. The van der Waals surface area contributed by atoms with Crippen molar-refractivity contribution in [3.05, 3.63) is 199 Å². The predicted molar refractivity (Wildman–Crippen MR) is 239 cm³/mol. The van der Waals surface area contributed by atoms with Gasteiger partial charge in [-0.2, -0.15) is 0 Å². The molecule has 0 amide bonds. The number of rotatable bonds is 9. The van der Waals surface area contributed by atoms with Crippen LogP contribution in [0.15, 0.2) is 188 Å². The van der Waals surface area contributed by atoms with E-state index in [2.05, 4.69) is 214 Å². The summed E-state index contributed by atoms with van der Waals surface area (Å²) >= 11 is 0. The van der Waals surface area contributed by atoms with Gasteiger partial charge in [0.25, 0.3) is 0 Å². The maximum absolute atomic E-state index is 5.45. The first-order chi connectivity index (χ1) is 27.4. The topological polar surface area (TPSA) is 30.7 Å². The van der Waals surface area contributed by atoms with Crippen molar-refractivity contribution in [3.8, 4) is 28.3 Å². The van der Waals surface area contributed by atoms with E-state index in [1.54, 1.807) is 0 Å². The number of imidazole rings is 1. The largest absolute Gasteiger partial charge is 0.292 e. The number of pyridine rings is 1. The van der Waals surface area contributed by atoms with Gasteiger partial charge in [0.1, 0.15) is 5.82 Å². The molecule has 9 rings (SSSR count). The van der Waals surface area contributed by atoms with Crippen molar-refractivity contribution in [2.45, 2.75) is 39.5 Å². The maximum atomic E-state index is 5.45. The second kappa shape index (κ2) is 14.7. The third-order valence-corrected chi connectivity index (χ3v) is 16.1. The summed E-state index contributed by atoms with van der Waals surface area (Å²) in [6, 6.07) is 66.8. The van der Waals surface area contributed by atoms with E-state index in [1.165, 1.54) is 42.9 Å². The smallest absolute Gasteiger partial charge is 0.179 e. The Morgan fingerprint density at radius 1 is 0.464 bits per heavy atom. The second-order valence-corrected chi connectivity index (χ2v) is 19.2. The van der Waals surface area contributed by atoms with E-state index in [0.29, 0.717) is 11.8 Å². The predicted octanol–water partition coefficient (Wildman–Crippen LogP) is 10.5. The van der Waals surface area contributed by atoms with Crippen molar-refractivity contribution in [1.82, 2.24) is 14.5 Å². The first-order valence-corrected chi connectivity index (χ1v) is 21.7. The minimum atomic E-state index is -2.94. The van der Waals surface area contributed by atoms with Crippen LogP contribution in [0.3, 0.4) is 0 Å². The first kappa shape index (κ1) is 35.3. The van der Waals surface area contributed by atoms with Gasteiger partial charge in [0.2, 0.25) is 0 Å². The number of nitrogens with zero attached hydrogens (tertiary/aromatic N) is 3. The van der Waals surface area contributed by atoms with Gasteiger partial charge in [-0.05, 0) is 67.3 Å². The van der Waals surface area contributed by atoms with E-state index in [0.717, 1.165) is 39.1 Å². The zero-order valence-corrected chi connectivity index (χ0v) is 33.4. The average Bonchev–Trinajstić information content (AvgIpc) is 3.64. The van der Waals surface area contributed by atoms with Crippen molar-refractivity contribution in [1.29, 1.82) is 0 Å². The number of hydrogen-bond acceptors (Lipinski definition) is 2. The van der Waals surface area contributed by atoms with Crippen molar-refractivity contribution in [3.63, 3.8) is 0 Å². The van der Waals surface area contributed by atoms with Crippen LogP contribution >= 0.6 is 0 Å². The summed E-state index contributed by atoms with van der Waals surface area (Å²) in [5.41, 5.74) is 9.20. The standard InChI is InChI=1S/C52H45N3Si/c1-36(2)46-28-17-29-47(37(3)4)51(46)55-50-31-14-13-30-48(50)54-52(55)40-21-16-27-45(33-40)56(42-22-7-5-8-23-42,43-24-9-6-10-25-43)44-26-15-20-39(32-44)49-34-38-18-11-12-19-41(38)35-53-49/h5-37H,1-4H3. The fraction of sp³-hybridized carbons (Fsp3) is 0.115. The van der Waals surface area contributed by atoms with E-state index in [-0.39, 0.29) is 0 Å². The monoisotopic (exact) mass is 739 g/mol. The van der Waals surface area contributed by atoms with Gasteiger partial charge in [0.05, 0.1) is 22.4 Å². The molecule has 0 N–H and O–H groups in total. The Morgan fingerprint density at radius 2 is 0.982 bits per heavy atom. The zero-order valence-electron chi connectivity index (χ0n) is 32.4. The van der Waals surface area contributed by atoms with E-state index < -0.39 is 8.07 Å². The van der Waals surface area contributed by atoms with E-state index in [1.807, 2.05) is 6.20 Å². The van der Waals surface area contributed by atoms with Gasteiger partial charge in [0.15, 0.2) is 8.07 Å². The van der Waals surface area contributed by atoms with Crippen molar-refractivity contribution in [2.75, 3.05) is 0 Å². The summed E-state index contributed by atoms with van der Waals surface area (Å²) in [7, 11) is -2.94. The normalized spacial score (nSPS) is 11.9. The van der Waals surface area contributed by atoms with Crippen molar-refractivity contribution in [2.24, 2.45) is 0 Å². The maximum Gasteiger partial charge on any atom is 0.179 e. The highest BCUT2D eigenvalue weighted by Crippen LogP contribution is 2.37.